The van der Waals surface area contributed by atoms with Crippen molar-refractivity contribution >= 4 is 0 Å². The van der Waals surface area contributed by atoms with Crippen molar-refractivity contribution in [3.63, 3.8) is 0 Å². The summed E-state index contributed by atoms with van der Waals surface area (Å²) in [7, 11) is 0. The lowest BCUT2D eigenvalue weighted by Gasteiger charge is -2.36. The van der Waals surface area contributed by atoms with Crippen LogP contribution in [0, 0.1) is 23.7 Å². The van der Waals surface area contributed by atoms with Gasteiger partial charge in [-0.15, -0.1) is 0 Å². The molecule has 0 heterocycles. The van der Waals surface area contributed by atoms with Crippen LogP contribution in [-0.2, 0) is 0 Å². The van der Waals surface area contributed by atoms with Gasteiger partial charge < -0.3 is 0 Å². The topological polar surface area (TPSA) is 0 Å². The van der Waals surface area contributed by atoms with E-state index in [4.69, 9.17) is 0 Å². The van der Waals surface area contributed by atoms with Crippen LogP contribution >= 0.6 is 0 Å². The van der Waals surface area contributed by atoms with E-state index in [9.17, 15) is 0 Å². The predicted octanol–water partition coefficient (Wildman–Crippen LogP) is 5.34. The zero-order valence-electron chi connectivity index (χ0n) is 11.2. The highest BCUT2D eigenvalue weighted by Crippen LogP contribution is 2.43. The Morgan fingerprint density at radius 2 is 1.56 bits per heavy atom. The van der Waals surface area contributed by atoms with E-state index >= 15 is 0 Å². The standard InChI is InChI=1S/C16H28/c1-3-4-14-7-11-16(12-8-14)15-9-5-13(2)6-10-15/h13,16H,3-12H2,1-2H3. The van der Waals surface area contributed by atoms with Crippen molar-refractivity contribution in [1.82, 2.24) is 0 Å². The van der Waals surface area contributed by atoms with Crippen molar-refractivity contribution in [2.45, 2.75) is 78.1 Å². The van der Waals surface area contributed by atoms with Crippen LogP contribution < -0.4 is 0 Å². The number of hydrogen-bond acceptors (Lipinski definition) is 0. The largest absolute Gasteiger partial charge is 0.0654 e. The Morgan fingerprint density at radius 3 is 2.12 bits per heavy atom. The molecule has 2 saturated carbocycles. The third-order valence-electron chi connectivity index (χ3n) is 4.79. The van der Waals surface area contributed by atoms with E-state index in [-0.39, 0.29) is 0 Å². The zero-order chi connectivity index (χ0) is 11.4. The van der Waals surface area contributed by atoms with Crippen molar-refractivity contribution in [1.29, 1.82) is 0 Å². The van der Waals surface area contributed by atoms with E-state index in [0.29, 0.717) is 0 Å². The van der Waals surface area contributed by atoms with Crippen LogP contribution in [0.25, 0.3) is 0 Å². The normalized spacial score (nSPS) is 27.4. The quantitative estimate of drug-likeness (QED) is 0.602. The molecule has 0 atom stereocenters. The average molecular weight is 220 g/mol. The van der Waals surface area contributed by atoms with Gasteiger partial charge in [0.1, 0.15) is 0 Å². The SMILES string of the molecule is CCC[C]1CCC([C]2CCC(C)CC2)CC1. The summed E-state index contributed by atoms with van der Waals surface area (Å²) >= 11 is 0. The first-order valence-electron chi connectivity index (χ1n) is 7.47. The molecule has 0 aromatic rings. The molecule has 92 valence electrons. The highest BCUT2D eigenvalue weighted by molar-refractivity contribution is 5.05. The lowest BCUT2D eigenvalue weighted by Crippen LogP contribution is -2.23. The Bertz CT molecular complexity index is 180. The minimum Gasteiger partial charge on any atom is -0.0654 e. The highest BCUT2D eigenvalue weighted by Gasteiger charge is 2.29. The summed E-state index contributed by atoms with van der Waals surface area (Å²) in [6.07, 6.45) is 14.5. The smallest absolute Gasteiger partial charge is 0.0210 e. The first kappa shape index (κ1) is 12.5. The molecule has 0 unspecified atom stereocenters. The third-order valence-corrected chi connectivity index (χ3v) is 4.79. The van der Waals surface area contributed by atoms with Gasteiger partial charge >= 0.3 is 0 Å². The van der Waals surface area contributed by atoms with Gasteiger partial charge in [0, 0.05) is 0 Å². The van der Waals surface area contributed by atoms with E-state index in [1.807, 2.05) is 11.8 Å². The predicted molar refractivity (Wildman–Crippen MR) is 71.0 cm³/mol. The fourth-order valence-corrected chi connectivity index (χ4v) is 3.58. The Hall–Kier alpha value is 0. The molecular formula is C16H28. The van der Waals surface area contributed by atoms with Crippen molar-refractivity contribution in [3.8, 4) is 0 Å². The van der Waals surface area contributed by atoms with Gasteiger partial charge in [-0.1, -0.05) is 33.1 Å². The lowest BCUT2D eigenvalue weighted by atomic mass is 9.69. The van der Waals surface area contributed by atoms with E-state index in [1.165, 1.54) is 64.2 Å². The summed E-state index contributed by atoms with van der Waals surface area (Å²) in [5.74, 6) is 5.81. The molecule has 2 rings (SSSR count). The van der Waals surface area contributed by atoms with E-state index in [2.05, 4.69) is 13.8 Å². The second-order valence-corrected chi connectivity index (χ2v) is 6.12. The molecule has 0 nitrogen and oxygen atoms in total. The minimum atomic E-state index is 0.995. The van der Waals surface area contributed by atoms with Crippen LogP contribution in [0.15, 0.2) is 0 Å². The Kier molecular flexibility index (Phi) is 4.73. The molecule has 2 fully saturated rings. The molecule has 2 radical (unpaired) electrons. The van der Waals surface area contributed by atoms with Crippen LogP contribution in [0.1, 0.15) is 78.1 Å². The minimum absolute atomic E-state index is 0.995. The van der Waals surface area contributed by atoms with Crippen molar-refractivity contribution in [2.75, 3.05) is 0 Å². The summed E-state index contributed by atoms with van der Waals surface area (Å²) in [6, 6.07) is 0. The van der Waals surface area contributed by atoms with E-state index < -0.39 is 0 Å². The molecular weight excluding hydrogens is 192 g/mol. The van der Waals surface area contributed by atoms with Gasteiger partial charge in [-0.2, -0.15) is 0 Å². The molecule has 2 aliphatic rings. The Labute approximate surface area is 102 Å². The summed E-state index contributed by atoms with van der Waals surface area (Å²) in [4.78, 5) is 0. The monoisotopic (exact) mass is 220 g/mol. The Balaban J connectivity index is 1.72. The van der Waals surface area contributed by atoms with Crippen LogP contribution in [0.4, 0.5) is 0 Å². The van der Waals surface area contributed by atoms with Crippen LogP contribution in [0.2, 0.25) is 0 Å². The summed E-state index contributed by atoms with van der Waals surface area (Å²) < 4.78 is 0. The van der Waals surface area contributed by atoms with Gasteiger partial charge in [0.15, 0.2) is 0 Å². The van der Waals surface area contributed by atoms with Crippen LogP contribution in [0.3, 0.4) is 0 Å². The van der Waals surface area contributed by atoms with E-state index in [0.717, 1.165) is 11.8 Å². The van der Waals surface area contributed by atoms with Crippen LogP contribution in [-0.4, -0.2) is 0 Å². The first-order valence-corrected chi connectivity index (χ1v) is 7.47. The summed E-state index contributed by atoms with van der Waals surface area (Å²) in [5, 5.41) is 0. The number of rotatable bonds is 3. The Morgan fingerprint density at radius 1 is 0.938 bits per heavy atom. The zero-order valence-corrected chi connectivity index (χ0v) is 11.2. The molecule has 2 aliphatic carbocycles. The van der Waals surface area contributed by atoms with Gasteiger partial charge in [0.25, 0.3) is 0 Å². The van der Waals surface area contributed by atoms with Gasteiger partial charge in [0.2, 0.25) is 0 Å². The second kappa shape index (κ2) is 6.07. The average Bonchev–Trinajstić information content (AvgIpc) is 2.32. The molecule has 0 aliphatic heterocycles. The second-order valence-electron chi connectivity index (χ2n) is 6.12. The summed E-state index contributed by atoms with van der Waals surface area (Å²) in [6.45, 7) is 4.74. The van der Waals surface area contributed by atoms with Gasteiger partial charge in [-0.25, -0.2) is 0 Å². The van der Waals surface area contributed by atoms with Gasteiger partial charge in [-0.05, 0) is 68.6 Å². The number of hydrogen-bond donors (Lipinski definition) is 0. The maximum Gasteiger partial charge on any atom is -0.0210 e. The molecule has 0 bridgehead atoms. The molecule has 16 heavy (non-hydrogen) atoms. The fraction of sp³-hybridized carbons (Fsp3) is 0.875. The molecule has 0 N–H and O–H groups in total. The fourth-order valence-electron chi connectivity index (χ4n) is 3.58. The first-order chi connectivity index (χ1) is 7.79. The maximum absolute atomic E-state index is 2.42. The van der Waals surface area contributed by atoms with Gasteiger partial charge in [-0.3, -0.25) is 0 Å². The van der Waals surface area contributed by atoms with Crippen molar-refractivity contribution < 1.29 is 0 Å². The molecule has 0 saturated heterocycles. The molecule has 0 aromatic carbocycles. The molecule has 0 amide bonds. The van der Waals surface area contributed by atoms with Gasteiger partial charge in [0.05, 0.1) is 0 Å². The maximum atomic E-state index is 2.42. The van der Waals surface area contributed by atoms with Crippen molar-refractivity contribution in [2.24, 2.45) is 11.8 Å². The van der Waals surface area contributed by atoms with Crippen molar-refractivity contribution in [3.05, 3.63) is 11.8 Å². The molecule has 0 spiro atoms. The van der Waals surface area contributed by atoms with E-state index in [1.54, 1.807) is 0 Å². The third kappa shape index (κ3) is 3.25. The summed E-state index contributed by atoms with van der Waals surface area (Å²) in [5.41, 5.74) is 0. The highest BCUT2D eigenvalue weighted by atomic mass is 14.3. The molecule has 0 heteroatoms. The van der Waals surface area contributed by atoms with Crippen LogP contribution in [0.5, 0.6) is 0 Å². The molecule has 0 aromatic heterocycles. The lowest BCUT2D eigenvalue weighted by molar-refractivity contribution is 0.300.